The van der Waals surface area contributed by atoms with E-state index in [1.807, 2.05) is 24.3 Å². The molecule has 0 aliphatic carbocycles. The maximum Gasteiger partial charge on any atom is 0.303 e. The molecule has 0 unspecified atom stereocenters. The summed E-state index contributed by atoms with van der Waals surface area (Å²) in [5, 5.41) is 9.59. The number of aryl methyl sites for hydroxylation is 1. The predicted molar refractivity (Wildman–Crippen MR) is 72.7 cm³/mol. The fourth-order valence-electron chi connectivity index (χ4n) is 1.96. The zero-order valence-electron chi connectivity index (χ0n) is 10.3. The number of carboxylic acids is 1. The van der Waals surface area contributed by atoms with Gasteiger partial charge in [-0.3, -0.25) is 9.52 Å². The Bertz CT molecular complexity index is 718. The summed E-state index contributed by atoms with van der Waals surface area (Å²) >= 11 is 0. The van der Waals surface area contributed by atoms with Gasteiger partial charge >= 0.3 is 5.97 Å². The van der Waals surface area contributed by atoms with E-state index in [2.05, 4.69) is 9.71 Å². The fourth-order valence-corrected chi connectivity index (χ4v) is 2.51. The number of nitrogens with one attached hydrogen (secondary N) is 2. The van der Waals surface area contributed by atoms with Crippen LogP contribution in [0, 0.1) is 0 Å². The molecule has 2 aromatic rings. The molecule has 0 spiro atoms. The smallest absolute Gasteiger partial charge is 0.303 e. The molecule has 0 aliphatic rings. The number of aromatic amines is 1. The first-order chi connectivity index (χ1) is 8.87. The van der Waals surface area contributed by atoms with Gasteiger partial charge in [0.2, 0.25) is 10.0 Å². The number of rotatable bonds is 5. The minimum absolute atomic E-state index is 0.0553. The van der Waals surface area contributed by atoms with Crippen molar-refractivity contribution in [1.29, 1.82) is 0 Å². The van der Waals surface area contributed by atoms with E-state index in [0.717, 1.165) is 17.2 Å². The van der Waals surface area contributed by atoms with Crippen molar-refractivity contribution in [3.63, 3.8) is 0 Å². The Hall–Kier alpha value is -2.02. The van der Waals surface area contributed by atoms with Crippen LogP contribution >= 0.6 is 0 Å². The third kappa shape index (κ3) is 3.25. The number of carboxylic acid groups (broad SMARTS) is 1. The number of sulfonamides is 1. The molecule has 0 bridgehead atoms. The molecule has 1 aromatic carbocycles. The first-order valence-corrected chi connectivity index (χ1v) is 7.55. The van der Waals surface area contributed by atoms with Crippen molar-refractivity contribution >= 4 is 32.7 Å². The monoisotopic (exact) mass is 282 g/mol. The molecule has 0 saturated heterocycles. The Morgan fingerprint density at radius 3 is 2.68 bits per heavy atom. The number of para-hydroxylation sites is 1. The summed E-state index contributed by atoms with van der Waals surface area (Å²) in [6.45, 7) is 0. The predicted octanol–water partition coefficient (Wildman–Crippen LogP) is 1.56. The number of aliphatic carboxylic acids is 1. The zero-order valence-corrected chi connectivity index (χ0v) is 11.1. The Kier molecular flexibility index (Phi) is 3.48. The highest BCUT2D eigenvalue weighted by molar-refractivity contribution is 7.92. The molecule has 19 heavy (non-hydrogen) atoms. The quantitative estimate of drug-likeness (QED) is 0.774. The van der Waals surface area contributed by atoms with E-state index in [-0.39, 0.29) is 12.8 Å². The maximum atomic E-state index is 11.3. The van der Waals surface area contributed by atoms with Crippen LogP contribution in [-0.2, 0) is 21.2 Å². The first-order valence-electron chi connectivity index (χ1n) is 5.66. The second kappa shape index (κ2) is 4.93. The van der Waals surface area contributed by atoms with Gasteiger partial charge in [0.15, 0.2) is 0 Å². The summed E-state index contributed by atoms with van der Waals surface area (Å²) in [5.74, 6) is -0.583. The third-order valence-corrected chi connectivity index (χ3v) is 3.26. The lowest BCUT2D eigenvalue weighted by atomic mass is 10.1. The van der Waals surface area contributed by atoms with Crippen molar-refractivity contribution in [3.8, 4) is 0 Å². The number of benzene rings is 1. The molecule has 0 saturated carbocycles. The van der Waals surface area contributed by atoms with Gasteiger partial charge in [0.25, 0.3) is 0 Å². The molecule has 0 radical (unpaired) electrons. The van der Waals surface area contributed by atoms with Crippen molar-refractivity contribution in [2.24, 2.45) is 0 Å². The van der Waals surface area contributed by atoms with E-state index in [9.17, 15) is 13.2 Å². The number of carbonyl (C=O) groups is 1. The average Bonchev–Trinajstić information content (AvgIpc) is 2.61. The minimum Gasteiger partial charge on any atom is -0.481 e. The highest BCUT2D eigenvalue weighted by Gasteiger charge is 2.15. The Morgan fingerprint density at radius 1 is 1.37 bits per heavy atom. The molecule has 2 rings (SSSR count). The van der Waals surface area contributed by atoms with Crippen molar-refractivity contribution in [1.82, 2.24) is 4.98 Å². The van der Waals surface area contributed by atoms with E-state index in [4.69, 9.17) is 5.11 Å². The number of H-pyrrole nitrogens is 1. The van der Waals surface area contributed by atoms with Crippen LogP contribution in [0.3, 0.4) is 0 Å². The van der Waals surface area contributed by atoms with Gasteiger partial charge < -0.3 is 10.1 Å². The highest BCUT2D eigenvalue weighted by Crippen LogP contribution is 2.27. The van der Waals surface area contributed by atoms with E-state index >= 15 is 0 Å². The molecule has 0 amide bonds. The Labute approximate surface area is 110 Å². The van der Waals surface area contributed by atoms with Crippen molar-refractivity contribution in [2.75, 3.05) is 11.0 Å². The Balaban J connectivity index is 2.48. The molecule has 0 aliphatic heterocycles. The largest absolute Gasteiger partial charge is 0.481 e. The third-order valence-electron chi connectivity index (χ3n) is 2.69. The van der Waals surface area contributed by atoms with Crippen LogP contribution in [0.1, 0.15) is 12.0 Å². The molecule has 6 nitrogen and oxygen atoms in total. The fraction of sp³-hybridized carbons (Fsp3) is 0.250. The topological polar surface area (TPSA) is 99.3 Å². The maximum absolute atomic E-state index is 11.3. The van der Waals surface area contributed by atoms with Gasteiger partial charge in [-0.2, -0.15) is 0 Å². The lowest BCUT2D eigenvalue weighted by Crippen LogP contribution is -2.11. The van der Waals surface area contributed by atoms with Crippen LogP contribution in [0.25, 0.3) is 10.9 Å². The van der Waals surface area contributed by atoms with Crippen molar-refractivity contribution in [3.05, 3.63) is 29.8 Å². The van der Waals surface area contributed by atoms with E-state index in [0.29, 0.717) is 11.4 Å². The summed E-state index contributed by atoms with van der Waals surface area (Å²) < 4.78 is 25.0. The van der Waals surface area contributed by atoms with Gasteiger partial charge in [0, 0.05) is 22.9 Å². The molecular weight excluding hydrogens is 268 g/mol. The second-order valence-electron chi connectivity index (χ2n) is 4.29. The lowest BCUT2D eigenvalue weighted by Gasteiger charge is -2.04. The lowest BCUT2D eigenvalue weighted by molar-refractivity contribution is -0.136. The van der Waals surface area contributed by atoms with Gasteiger partial charge in [0.1, 0.15) is 5.82 Å². The minimum atomic E-state index is -3.41. The molecule has 1 heterocycles. The summed E-state index contributed by atoms with van der Waals surface area (Å²) in [4.78, 5) is 13.6. The molecule has 1 aromatic heterocycles. The first kappa shape index (κ1) is 13.4. The van der Waals surface area contributed by atoms with Gasteiger partial charge in [-0.1, -0.05) is 18.2 Å². The van der Waals surface area contributed by atoms with Crippen LogP contribution in [0.4, 0.5) is 5.82 Å². The molecule has 3 N–H and O–H groups in total. The number of hydrogen-bond donors (Lipinski definition) is 3. The van der Waals surface area contributed by atoms with Crippen LogP contribution in [0.5, 0.6) is 0 Å². The molecular formula is C12H14N2O4S. The summed E-state index contributed by atoms with van der Waals surface area (Å²) in [7, 11) is -3.41. The summed E-state index contributed by atoms with van der Waals surface area (Å²) in [5.41, 5.74) is 1.44. The normalized spacial score (nSPS) is 11.6. The van der Waals surface area contributed by atoms with Crippen molar-refractivity contribution < 1.29 is 18.3 Å². The number of anilines is 1. The van der Waals surface area contributed by atoms with Gasteiger partial charge in [0.05, 0.1) is 6.26 Å². The number of aromatic nitrogens is 1. The molecule has 7 heteroatoms. The second-order valence-corrected chi connectivity index (χ2v) is 6.04. The van der Waals surface area contributed by atoms with Gasteiger partial charge in [-0.25, -0.2) is 8.42 Å². The van der Waals surface area contributed by atoms with Crippen LogP contribution in [-0.4, -0.2) is 30.7 Å². The number of hydrogen-bond acceptors (Lipinski definition) is 3. The standard InChI is InChI=1S/C12H14N2O4S/c1-19(17,18)14-12-9(6-7-11(15)16)8-4-2-3-5-10(8)13-12/h2-5,13-14H,6-7H2,1H3,(H,15,16). The van der Waals surface area contributed by atoms with Crippen LogP contribution in [0.15, 0.2) is 24.3 Å². The van der Waals surface area contributed by atoms with Crippen LogP contribution < -0.4 is 4.72 Å². The molecule has 0 fully saturated rings. The van der Waals surface area contributed by atoms with Gasteiger partial charge in [-0.05, 0) is 12.5 Å². The number of fused-ring (bicyclic) bond motifs is 1. The highest BCUT2D eigenvalue weighted by atomic mass is 32.2. The average molecular weight is 282 g/mol. The Morgan fingerprint density at radius 2 is 2.05 bits per heavy atom. The zero-order chi connectivity index (χ0) is 14.0. The van der Waals surface area contributed by atoms with Gasteiger partial charge in [-0.15, -0.1) is 0 Å². The van der Waals surface area contributed by atoms with E-state index in [1.54, 1.807) is 0 Å². The van der Waals surface area contributed by atoms with E-state index < -0.39 is 16.0 Å². The molecule has 102 valence electrons. The summed E-state index contributed by atoms with van der Waals surface area (Å²) in [6, 6.07) is 7.29. The summed E-state index contributed by atoms with van der Waals surface area (Å²) in [6.07, 6.45) is 1.26. The van der Waals surface area contributed by atoms with E-state index in [1.165, 1.54) is 0 Å². The SMILES string of the molecule is CS(=O)(=O)Nc1[nH]c2ccccc2c1CCC(=O)O. The molecule has 0 atom stereocenters. The van der Waals surface area contributed by atoms with Crippen molar-refractivity contribution in [2.45, 2.75) is 12.8 Å². The van der Waals surface area contributed by atoms with Crippen LogP contribution in [0.2, 0.25) is 0 Å².